The van der Waals surface area contributed by atoms with E-state index in [1.165, 1.54) is 13.2 Å². The van der Waals surface area contributed by atoms with Crippen LogP contribution in [0.5, 0.6) is 11.5 Å². The molecular weight excluding hydrogens is 294 g/mol. The Morgan fingerprint density at radius 2 is 1.39 bits per heavy atom. The highest BCUT2D eigenvalue weighted by molar-refractivity contribution is 5.94. The molecule has 0 fully saturated rings. The number of carbonyl (C=O) groups is 1. The van der Waals surface area contributed by atoms with Gasteiger partial charge in [0.25, 0.3) is 0 Å². The standard InChI is InChI=1S/C18H19NO4/c1-21-15-8-4-13(5-9-15)17(12-18(20)23-3)19-14-6-10-16(22-2)11-7-14/h4-12,19H,1-3H3/b17-12-. The van der Waals surface area contributed by atoms with Gasteiger partial charge in [-0.3, -0.25) is 0 Å². The van der Waals surface area contributed by atoms with Crippen molar-refractivity contribution in [1.29, 1.82) is 0 Å². The van der Waals surface area contributed by atoms with Crippen molar-refractivity contribution < 1.29 is 19.0 Å². The van der Waals surface area contributed by atoms with E-state index >= 15 is 0 Å². The quantitative estimate of drug-likeness (QED) is 0.655. The summed E-state index contributed by atoms with van der Waals surface area (Å²) < 4.78 is 15.0. The van der Waals surface area contributed by atoms with Crippen LogP contribution in [-0.2, 0) is 9.53 Å². The highest BCUT2D eigenvalue weighted by Crippen LogP contribution is 2.23. The van der Waals surface area contributed by atoms with Crippen molar-refractivity contribution >= 4 is 17.4 Å². The fourth-order valence-electron chi connectivity index (χ4n) is 1.97. The fourth-order valence-corrected chi connectivity index (χ4v) is 1.97. The minimum absolute atomic E-state index is 0.433. The van der Waals surface area contributed by atoms with Crippen LogP contribution in [-0.4, -0.2) is 27.3 Å². The normalized spacial score (nSPS) is 10.8. The molecule has 0 amide bonds. The van der Waals surface area contributed by atoms with Gasteiger partial charge in [0.1, 0.15) is 11.5 Å². The zero-order valence-electron chi connectivity index (χ0n) is 13.3. The highest BCUT2D eigenvalue weighted by atomic mass is 16.5. The number of anilines is 1. The SMILES string of the molecule is COC(=O)/C=C(\Nc1ccc(OC)cc1)c1ccc(OC)cc1. The predicted molar refractivity (Wildman–Crippen MR) is 89.6 cm³/mol. The number of hydrogen-bond donors (Lipinski definition) is 1. The molecule has 0 atom stereocenters. The van der Waals surface area contributed by atoms with Crippen LogP contribution in [0.2, 0.25) is 0 Å². The maximum atomic E-state index is 11.6. The summed E-state index contributed by atoms with van der Waals surface area (Å²) in [6.45, 7) is 0. The van der Waals surface area contributed by atoms with E-state index in [4.69, 9.17) is 14.2 Å². The average Bonchev–Trinajstić information content (AvgIpc) is 2.61. The molecule has 0 aliphatic carbocycles. The van der Waals surface area contributed by atoms with Gasteiger partial charge in [0, 0.05) is 11.8 Å². The summed E-state index contributed by atoms with van der Waals surface area (Å²) in [6, 6.07) is 14.8. The number of methoxy groups -OCH3 is 3. The lowest BCUT2D eigenvalue weighted by Crippen LogP contribution is -2.04. The Morgan fingerprint density at radius 1 is 0.870 bits per heavy atom. The lowest BCUT2D eigenvalue weighted by molar-refractivity contribution is -0.134. The van der Waals surface area contributed by atoms with E-state index in [1.54, 1.807) is 14.2 Å². The first-order valence-corrected chi connectivity index (χ1v) is 7.01. The molecule has 0 aliphatic rings. The summed E-state index contributed by atoms with van der Waals surface area (Å²) in [7, 11) is 4.57. The van der Waals surface area contributed by atoms with Crippen LogP contribution in [0.25, 0.3) is 5.70 Å². The van der Waals surface area contributed by atoms with Gasteiger partial charge < -0.3 is 19.5 Å². The van der Waals surface area contributed by atoms with E-state index in [0.29, 0.717) is 5.70 Å². The van der Waals surface area contributed by atoms with Crippen LogP contribution in [0, 0.1) is 0 Å². The number of ether oxygens (including phenoxy) is 3. The molecule has 0 saturated heterocycles. The molecule has 120 valence electrons. The highest BCUT2D eigenvalue weighted by Gasteiger charge is 2.07. The van der Waals surface area contributed by atoms with Gasteiger partial charge in [-0.25, -0.2) is 4.79 Å². The number of carbonyl (C=O) groups excluding carboxylic acids is 1. The molecule has 5 heteroatoms. The van der Waals surface area contributed by atoms with Gasteiger partial charge >= 0.3 is 5.97 Å². The van der Waals surface area contributed by atoms with Gasteiger partial charge in [-0.05, 0) is 54.1 Å². The maximum absolute atomic E-state index is 11.6. The summed E-state index contributed by atoms with van der Waals surface area (Å²) in [5.41, 5.74) is 2.30. The van der Waals surface area contributed by atoms with Crippen LogP contribution in [0.3, 0.4) is 0 Å². The third kappa shape index (κ3) is 4.51. The number of benzene rings is 2. The van der Waals surface area contributed by atoms with Gasteiger partial charge in [-0.1, -0.05) is 0 Å². The molecule has 2 aromatic carbocycles. The van der Waals surface area contributed by atoms with Gasteiger partial charge in [-0.15, -0.1) is 0 Å². The van der Waals surface area contributed by atoms with E-state index < -0.39 is 5.97 Å². The topological polar surface area (TPSA) is 56.8 Å². The lowest BCUT2D eigenvalue weighted by atomic mass is 10.1. The molecule has 0 radical (unpaired) electrons. The Hall–Kier alpha value is -2.95. The maximum Gasteiger partial charge on any atom is 0.332 e. The lowest BCUT2D eigenvalue weighted by Gasteiger charge is -2.12. The molecule has 23 heavy (non-hydrogen) atoms. The predicted octanol–water partition coefficient (Wildman–Crippen LogP) is 3.33. The third-order valence-corrected chi connectivity index (χ3v) is 3.23. The molecule has 2 aromatic rings. The Bertz CT molecular complexity index is 675. The van der Waals surface area contributed by atoms with Gasteiger partial charge in [0.05, 0.1) is 27.0 Å². The first kappa shape index (κ1) is 16.4. The summed E-state index contributed by atoms with van der Waals surface area (Å²) in [4.78, 5) is 11.6. The van der Waals surface area contributed by atoms with Crippen LogP contribution in [0.15, 0.2) is 54.6 Å². The molecule has 2 rings (SSSR count). The van der Waals surface area contributed by atoms with Gasteiger partial charge in [0.2, 0.25) is 0 Å². The molecular formula is C18H19NO4. The van der Waals surface area contributed by atoms with E-state index in [-0.39, 0.29) is 0 Å². The first-order chi connectivity index (χ1) is 11.2. The molecule has 0 heterocycles. The molecule has 0 saturated carbocycles. The molecule has 0 aromatic heterocycles. The second kappa shape index (κ2) is 7.89. The van der Waals surface area contributed by atoms with E-state index in [9.17, 15) is 4.79 Å². The number of hydrogen-bond acceptors (Lipinski definition) is 5. The zero-order chi connectivity index (χ0) is 16.7. The Balaban J connectivity index is 2.29. The van der Waals surface area contributed by atoms with Crippen molar-refractivity contribution in [2.75, 3.05) is 26.6 Å². The number of rotatable bonds is 6. The van der Waals surface area contributed by atoms with Crippen molar-refractivity contribution in [2.45, 2.75) is 0 Å². The van der Waals surface area contributed by atoms with E-state index in [1.807, 2.05) is 48.5 Å². The van der Waals surface area contributed by atoms with Crippen molar-refractivity contribution in [3.05, 3.63) is 60.2 Å². The van der Waals surface area contributed by atoms with Crippen LogP contribution < -0.4 is 14.8 Å². The minimum atomic E-state index is -0.433. The van der Waals surface area contributed by atoms with Gasteiger partial charge in [0.15, 0.2) is 0 Å². The molecule has 0 spiro atoms. The molecule has 1 N–H and O–H groups in total. The van der Waals surface area contributed by atoms with Crippen LogP contribution >= 0.6 is 0 Å². The molecule has 0 bridgehead atoms. The third-order valence-electron chi connectivity index (χ3n) is 3.23. The number of nitrogens with one attached hydrogen (secondary N) is 1. The average molecular weight is 313 g/mol. The second-order valence-electron chi connectivity index (χ2n) is 4.66. The van der Waals surface area contributed by atoms with Gasteiger partial charge in [-0.2, -0.15) is 0 Å². The number of esters is 1. The van der Waals surface area contributed by atoms with Crippen molar-refractivity contribution in [2.24, 2.45) is 0 Å². The van der Waals surface area contributed by atoms with E-state index in [0.717, 1.165) is 22.7 Å². The fraction of sp³-hybridized carbons (Fsp3) is 0.167. The summed E-state index contributed by atoms with van der Waals surface area (Å²) in [5.74, 6) is 1.07. The van der Waals surface area contributed by atoms with Crippen molar-refractivity contribution in [1.82, 2.24) is 0 Å². The molecule has 0 unspecified atom stereocenters. The summed E-state index contributed by atoms with van der Waals surface area (Å²) in [6.07, 6.45) is 1.41. The first-order valence-electron chi connectivity index (χ1n) is 7.01. The van der Waals surface area contributed by atoms with Crippen LogP contribution in [0.1, 0.15) is 5.56 Å². The van der Waals surface area contributed by atoms with Crippen molar-refractivity contribution in [3.8, 4) is 11.5 Å². The minimum Gasteiger partial charge on any atom is -0.497 e. The Labute approximate surface area is 135 Å². The van der Waals surface area contributed by atoms with Crippen molar-refractivity contribution in [3.63, 3.8) is 0 Å². The smallest absolute Gasteiger partial charge is 0.332 e. The second-order valence-corrected chi connectivity index (χ2v) is 4.66. The summed E-state index contributed by atoms with van der Waals surface area (Å²) in [5, 5.41) is 3.21. The Kier molecular flexibility index (Phi) is 5.63. The van der Waals surface area contributed by atoms with Crippen LogP contribution in [0.4, 0.5) is 5.69 Å². The Morgan fingerprint density at radius 3 is 1.87 bits per heavy atom. The summed E-state index contributed by atoms with van der Waals surface area (Å²) >= 11 is 0. The molecule has 5 nitrogen and oxygen atoms in total. The zero-order valence-corrected chi connectivity index (χ0v) is 13.3. The monoisotopic (exact) mass is 313 g/mol. The largest absolute Gasteiger partial charge is 0.497 e. The van der Waals surface area contributed by atoms with E-state index in [2.05, 4.69) is 5.32 Å². The molecule has 0 aliphatic heterocycles.